The molecule has 1 aromatic heterocycles. The fourth-order valence-electron chi connectivity index (χ4n) is 1.58. The number of benzene rings is 1. The molecule has 0 aliphatic rings. The number of nitrogens with zero attached hydrogens (tertiary/aromatic N) is 2. The monoisotopic (exact) mass is 231 g/mol. The number of nitrogens with one attached hydrogen (secondary N) is 1. The molecule has 0 saturated carbocycles. The summed E-state index contributed by atoms with van der Waals surface area (Å²) in [6, 6.07) is 10.0. The van der Waals surface area contributed by atoms with Crippen molar-refractivity contribution in [2.45, 2.75) is 13.5 Å². The number of ether oxygens (including phenoxy) is 1. The lowest BCUT2D eigenvalue weighted by atomic mass is 10.2. The molecule has 1 N–H and O–H groups in total. The highest BCUT2D eigenvalue weighted by atomic mass is 16.5. The van der Waals surface area contributed by atoms with Gasteiger partial charge in [0.05, 0.1) is 7.11 Å². The minimum Gasteiger partial charge on any atom is -0.497 e. The van der Waals surface area contributed by atoms with Crippen molar-refractivity contribution in [1.29, 1.82) is 0 Å². The first kappa shape index (κ1) is 11.5. The molecule has 2 rings (SSSR count). The molecule has 0 saturated heterocycles. The molecule has 0 unspecified atom stereocenters. The largest absolute Gasteiger partial charge is 0.497 e. The van der Waals surface area contributed by atoms with Crippen molar-refractivity contribution in [3.63, 3.8) is 0 Å². The molecule has 4 heteroatoms. The third kappa shape index (κ3) is 2.78. The summed E-state index contributed by atoms with van der Waals surface area (Å²) >= 11 is 0. The molecule has 0 spiro atoms. The number of hydrogen-bond donors (Lipinski definition) is 1. The van der Waals surface area contributed by atoms with Gasteiger partial charge in [-0.25, -0.2) is 0 Å². The van der Waals surface area contributed by atoms with E-state index in [1.54, 1.807) is 7.11 Å². The molecule has 2 aromatic rings. The summed E-state index contributed by atoms with van der Waals surface area (Å²) in [5.74, 6) is 1.78. The van der Waals surface area contributed by atoms with E-state index in [9.17, 15) is 0 Å². The van der Waals surface area contributed by atoms with E-state index in [0.29, 0.717) is 0 Å². The Hall–Kier alpha value is -1.97. The maximum atomic E-state index is 5.11. The van der Waals surface area contributed by atoms with E-state index in [-0.39, 0.29) is 0 Å². The molecule has 0 aliphatic heterocycles. The Morgan fingerprint density at radius 1 is 1.29 bits per heavy atom. The van der Waals surface area contributed by atoms with Crippen LogP contribution in [0.2, 0.25) is 0 Å². The van der Waals surface area contributed by atoms with Crippen molar-refractivity contribution in [2.24, 2.45) is 7.05 Å². The van der Waals surface area contributed by atoms with E-state index in [4.69, 9.17) is 4.74 Å². The first-order valence-electron chi connectivity index (χ1n) is 5.56. The normalized spacial score (nSPS) is 10.3. The molecule has 1 heterocycles. The Morgan fingerprint density at radius 2 is 2.00 bits per heavy atom. The zero-order valence-electron chi connectivity index (χ0n) is 10.4. The molecule has 1 aromatic carbocycles. The van der Waals surface area contributed by atoms with Gasteiger partial charge in [-0.3, -0.25) is 4.68 Å². The SMILES string of the molecule is COc1ccc(CNc2cc(C)n(C)n2)cc1. The van der Waals surface area contributed by atoms with Crippen LogP contribution in [0.5, 0.6) is 5.75 Å². The first-order chi connectivity index (χ1) is 8.19. The highest BCUT2D eigenvalue weighted by Crippen LogP contribution is 2.13. The van der Waals surface area contributed by atoms with Gasteiger partial charge < -0.3 is 10.1 Å². The maximum absolute atomic E-state index is 5.11. The summed E-state index contributed by atoms with van der Waals surface area (Å²) in [4.78, 5) is 0. The smallest absolute Gasteiger partial charge is 0.148 e. The van der Waals surface area contributed by atoms with Crippen molar-refractivity contribution in [2.75, 3.05) is 12.4 Å². The van der Waals surface area contributed by atoms with Gasteiger partial charge in [-0.05, 0) is 24.6 Å². The molecule has 0 radical (unpaired) electrons. The van der Waals surface area contributed by atoms with E-state index >= 15 is 0 Å². The van der Waals surface area contributed by atoms with E-state index in [2.05, 4.69) is 10.4 Å². The fraction of sp³-hybridized carbons (Fsp3) is 0.308. The summed E-state index contributed by atoms with van der Waals surface area (Å²) in [7, 11) is 3.61. The van der Waals surface area contributed by atoms with Crippen LogP contribution in [0.25, 0.3) is 0 Å². The highest BCUT2D eigenvalue weighted by molar-refractivity contribution is 5.37. The number of anilines is 1. The summed E-state index contributed by atoms with van der Waals surface area (Å²) < 4.78 is 6.97. The predicted molar refractivity (Wildman–Crippen MR) is 68.3 cm³/mol. The number of hydrogen-bond acceptors (Lipinski definition) is 3. The molecule has 0 bridgehead atoms. The zero-order valence-corrected chi connectivity index (χ0v) is 10.4. The van der Waals surface area contributed by atoms with E-state index < -0.39 is 0 Å². The van der Waals surface area contributed by atoms with Crippen LogP contribution in [0.3, 0.4) is 0 Å². The first-order valence-corrected chi connectivity index (χ1v) is 5.56. The van der Waals surface area contributed by atoms with Gasteiger partial charge in [0.2, 0.25) is 0 Å². The van der Waals surface area contributed by atoms with Crippen LogP contribution < -0.4 is 10.1 Å². The lowest BCUT2D eigenvalue weighted by Gasteiger charge is -2.04. The van der Waals surface area contributed by atoms with Crippen LogP contribution in [0.15, 0.2) is 30.3 Å². The summed E-state index contributed by atoms with van der Waals surface area (Å²) in [5.41, 5.74) is 2.34. The number of aryl methyl sites for hydroxylation is 2. The minimum atomic E-state index is 0.764. The molecule has 4 nitrogen and oxygen atoms in total. The van der Waals surface area contributed by atoms with Gasteiger partial charge in [-0.2, -0.15) is 5.10 Å². The Bertz CT molecular complexity index is 468. The molecule has 90 valence electrons. The standard InChI is InChI=1S/C13H17N3O/c1-10-8-13(15-16(10)2)14-9-11-4-6-12(17-3)7-5-11/h4-8H,9H2,1-3H3,(H,14,15). The van der Waals surface area contributed by atoms with Crippen molar-refractivity contribution in [1.82, 2.24) is 9.78 Å². The summed E-state index contributed by atoms with van der Waals surface area (Å²) in [5, 5.41) is 7.63. The average Bonchev–Trinajstić information content (AvgIpc) is 2.67. The number of rotatable bonds is 4. The van der Waals surface area contributed by atoms with Crippen molar-refractivity contribution < 1.29 is 4.74 Å². The lowest BCUT2D eigenvalue weighted by molar-refractivity contribution is 0.414. The van der Waals surface area contributed by atoms with Crippen LogP contribution in [-0.4, -0.2) is 16.9 Å². The zero-order chi connectivity index (χ0) is 12.3. The van der Waals surface area contributed by atoms with Gasteiger partial charge in [0.25, 0.3) is 0 Å². The van der Waals surface area contributed by atoms with Gasteiger partial charge in [0.1, 0.15) is 11.6 Å². The van der Waals surface area contributed by atoms with E-state index in [1.807, 2.05) is 49.0 Å². The van der Waals surface area contributed by atoms with Gasteiger partial charge in [-0.15, -0.1) is 0 Å². The van der Waals surface area contributed by atoms with Crippen LogP contribution >= 0.6 is 0 Å². The Morgan fingerprint density at radius 3 is 2.53 bits per heavy atom. The molecule has 0 amide bonds. The quantitative estimate of drug-likeness (QED) is 0.878. The summed E-state index contributed by atoms with van der Waals surface area (Å²) in [6.07, 6.45) is 0. The highest BCUT2D eigenvalue weighted by Gasteiger charge is 2.00. The number of aromatic nitrogens is 2. The molecule has 17 heavy (non-hydrogen) atoms. The van der Waals surface area contributed by atoms with Gasteiger partial charge >= 0.3 is 0 Å². The third-order valence-corrected chi connectivity index (χ3v) is 2.75. The third-order valence-electron chi connectivity index (χ3n) is 2.75. The van der Waals surface area contributed by atoms with Crippen molar-refractivity contribution in [3.8, 4) is 5.75 Å². The number of methoxy groups -OCH3 is 1. The van der Waals surface area contributed by atoms with Gasteiger partial charge in [-0.1, -0.05) is 12.1 Å². The molecule has 0 atom stereocenters. The molecular weight excluding hydrogens is 214 g/mol. The van der Waals surface area contributed by atoms with E-state index in [0.717, 1.165) is 23.8 Å². The second-order valence-corrected chi connectivity index (χ2v) is 4.00. The Balaban J connectivity index is 1.97. The van der Waals surface area contributed by atoms with Crippen LogP contribution in [0, 0.1) is 6.92 Å². The van der Waals surface area contributed by atoms with E-state index in [1.165, 1.54) is 5.56 Å². The lowest BCUT2D eigenvalue weighted by Crippen LogP contribution is -2.00. The van der Waals surface area contributed by atoms with Crippen LogP contribution in [0.4, 0.5) is 5.82 Å². The fourth-order valence-corrected chi connectivity index (χ4v) is 1.58. The Labute approximate surface area is 101 Å². The minimum absolute atomic E-state index is 0.764. The molecule has 0 aliphatic carbocycles. The van der Waals surface area contributed by atoms with Crippen molar-refractivity contribution in [3.05, 3.63) is 41.6 Å². The summed E-state index contributed by atoms with van der Waals surface area (Å²) in [6.45, 7) is 2.80. The van der Waals surface area contributed by atoms with Crippen LogP contribution in [0.1, 0.15) is 11.3 Å². The second-order valence-electron chi connectivity index (χ2n) is 4.00. The van der Waals surface area contributed by atoms with Gasteiger partial charge in [0.15, 0.2) is 0 Å². The van der Waals surface area contributed by atoms with Crippen molar-refractivity contribution >= 4 is 5.82 Å². The maximum Gasteiger partial charge on any atom is 0.148 e. The topological polar surface area (TPSA) is 39.1 Å². The Kier molecular flexibility index (Phi) is 3.32. The average molecular weight is 231 g/mol. The molecule has 0 fully saturated rings. The van der Waals surface area contributed by atoms with Gasteiger partial charge in [0, 0.05) is 25.4 Å². The second kappa shape index (κ2) is 4.91. The molecular formula is C13H17N3O. The van der Waals surface area contributed by atoms with Crippen LogP contribution in [-0.2, 0) is 13.6 Å². The predicted octanol–water partition coefficient (Wildman–Crippen LogP) is 2.35.